The largest absolute Gasteiger partial charge is 0.448 e. The van der Waals surface area contributed by atoms with Crippen molar-refractivity contribution in [2.75, 3.05) is 18.8 Å². The number of likely N-dealkylation sites (tertiary alicyclic amines) is 1. The fraction of sp³-hybridized carbons (Fsp3) is 0.600. The van der Waals surface area contributed by atoms with Gasteiger partial charge >= 0.3 is 5.97 Å². The molecule has 1 aliphatic rings. The second kappa shape index (κ2) is 6.65. The predicted octanol–water partition coefficient (Wildman–Crippen LogP) is 1.56. The highest BCUT2D eigenvalue weighted by Crippen LogP contribution is 2.14. The maximum Gasteiger partial charge on any atom is 0.355 e. The summed E-state index contributed by atoms with van der Waals surface area (Å²) in [5.41, 5.74) is 6.48. The van der Waals surface area contributed by atoms with Crippen molar-refractivity contribution in [1.82, 2.24) is 9.47 Å². The van der Waals surface area contributed by atoms with E-state index in [-0.39, 0.29) is 5.91 Å². The number of nitrogens with two attached hydrogens (primary N) is 1. The van der Waals surface area contributed by atoms with Crippen LogP contribution in [0.1, 0.15) is 43.1 Å². The Kier molecular flexibility index (Phi) is 4.88. The second-order valence-corrected chi connectivity index (χ2v) is 5.56. The Morgan fingerprint density at radius 3 is 2.38 bits per heavy atom. The van der Waals surface area contributed by atoms with E-state index >= 15 is 0 Å². The van der Waals surface area contributed by atoms with Gasteiger partial charge in [-0.3, -0.25) is 4.79 Å². The Hall–Kier alpha value is -1.98. The van der Waals surface area contributed by atoms with Crippen LogP contribution in [0.15, 0.2) is 12.3 Å². The van der Waals surface area contributed by atoms with Crippen LogP contribution in [0, 0.1) is 0 Å². The molecule has 6 heteroatoms. The van der Waals surface area contributed by atoms with Gasteiger partial charge in [-0.05, 0) is 25.8 Å². The number of rotatable bonds is 3. The first kappa shape index (κ1) is 15.4. The zero-order chi connectivity index (χ0) is 15.4. The molecule has 1 fully saturated rings. The van der Waals surface area contributed by atoms with E-state index < -0.39 is 12.1 Å². The highest BCUT2D eigenvalue weighted by atomic mass is 16.5. The average Bonchev–Trinajstić information content (AvgIpc) is 2.67. The molecule has 1 aromatic rings. The van der Waals surface area contributed by atoms with Gasteiger partial charge in [-0.1, -0.05) is 12.8 Å². The minimum Gasteiger partial charge on any atom is -0.448 e. The molecule has 0 aliphatic carbocycles. The van der Waals surface area contributed by atoms with Crippen LogP contribution in [-0.4, -0.2) is 40.5 Å². The van der Waals surface area contributed by atoms with Gasteiger partial charge in [0.05, 0.1) is 5.69 Å². The number of nitrogens with zero attached hydrogens (tertiary/aromatic N) is 2. The summed E-state index contributed by atoms with van der Waals surface area (Å²) in [6, 6.07) is 1.55. The van der Waals surface area contributed by atoms with E-state index in [1.807, 2.05) is 0 Å². The van der Waals surface area contributed by atoms with Crippen LogP contribution < -0.4 is 5.73 Å². The zero-order valence-electron chi connectivity index (χ0n) is 12.7. The molecule has 2 rings (SSSR count). The number of esters is 1. The van der Waals surface area contributed by atoms with E-state index in [4.69, 9.17) is 10.5 Å². The number of aryl methyl sites for hydroxylation is 1. The highest BCUT2D eigenvalue weighted by Gasteiger charge is 2.25. The first-order valence-corrected chi connectivity index (χ1v) is 7.40. The summed E-state index contributed by atoms with van der Waals surface area (Å²) in [6.07, 6.45) is 5.20. The van der Waals surface area contributed by atoms with Gasteiger partial charge in [0, 0.05) is 26.3 Å². The van der Waals surface area contributed by atoms with Crippen molar-refractivity contribution in [3.8, 4) is 0 Å². The summed E-state index contributed by atoms with van der Waals surface area (Å²) in [5, 5.41) is 0. The Morgan fingerprint density at radius 2 is 1.86 bits per heavy atom. The minimum atomic E-state index is -0.772. The normalized spacial score (nSPS) is 17.1. The molecule has 6 nitrogen and oxygen atoms in total. The van der Waals surface area contributed by atoms with Crippen LogP contribution in [0.3, 0.4) is 0 Å². The third-order valence-electron chi connectivity index (χ3n) is 3.78. The maximum absolute atomic E-state index is 12.3. The number of hydrogen-bond donors (Lipinski definition) is 1. The van der Waals surface area contributed by atoms with Crippen molar-refractivity contribution in [2.24, 2.45) is 7.05 Å². The number of carbonyl (C=O) groups is 2. The third kappa shape index (κ3) is 3.77. The smallest absolute Gasteiger partial charge is 0.355 e. The van der Waals surface area contributed by atoms with Gasteiger partial charge in [0.2, 0.25) is 0 Å². The van der Waals surface area contributed by atoms with Gasteiger partial charge in [-0.25, -0.2) is 4.79 Å². The molecule has 0 saturated carbocycles. The van der Waals surface area contributed by atoms with Gasteiger partial charge in [-0.2, -0.15) is 0 Å². The molecule has 116 valence electrons. The molecule has 1 saturated heterocycles. The van der Waals surface area contributed by atoms with Gasteiger partial charge in [-0.15, -0.1) is 0 Å². The van der Waals surface area contributed by atoms with Gasteiger partial charge in [0.15, 0.2) is 6.10 Å². The molecule has 1 aliphatic heterocycles. The summed E-state index contributed by atoms with van der Waals surface area (Å²) < 4.78 is 6.88. The Morgan fingerprint density at radius 1 is 1.24 bits per heavy atom. The summed E-state index contributed by atoms with van der Waals surface area (Å²) in [7, 11) is 1.72. The van der Waals surface area contributed by atoms with E-state index in [0.29, 0.717) is 11.4 Å². The van der Waals surface area contributed by atoms with Gasteiger partial charge in [0.1, 0.15) is 5.69 Å². The molecule has 2 N–H and O–H groups in total. The SMILES string of the molecule is CC(OC(=O)c1cc(N)cn1C)C(=O)N1CCCCCC1. The Balaban J connectivity index is 1.96. The summed E-state index contributed by atoms with van der Waals surface area (Å²) in [4.78, 5) is 26.2. The molecule has 0 spiro atoms. The fourth-order valence-corrected chi connectivity index (χ4v) is 2.61. The van der Waals surface area contributed by atoms with Crippen LogP contribution in [-0.2, 0) is 16.6 Å². The standard InChI is InChI=1S/C15H23N3O3/c1-11(14(19)18-7-5-3-4-6-8-18)21-15(20)13-9-12(16)10-17(13)2/h9-11H,3-8,16H2,1-2H3. The monoisotopic (exact) mass is 293 g/mol. The first-order chi connectivity index (χ1) is 9.99. The molecular weight excluding hydrogens is 270 g/mol. The van der Waals surface area contributed by atoms with E-state index in [9.17, 15) is 9.59 Å². The number of aromatic nitrogens is 1. The van der Waals surface area contributed by atoms with E-state index in [2.05, 4.69) is 0 Å². The van der Waals surface area contributed by atoms with E-state index in [1.54, 1.807) is 35.7 Å². The second-order valence-electron chi connectivity index (χ2n) is 5.56. The molecule has 1 atom stereocenters. The average molecular weight is 293 g/mol. The lowest BCUT2D eigenvalue weighted by Crippen LogP contribution is -2.40. The summed E-state index contributed by atoms with van der Waals surface area (Å²) in [5.74, 6) is -0.641. The molecule has 1 aromatic heterocycles. The highest BCUT2D eigenvalue weighted by molar-refractivity contribution is 5.91. The first-order valence-electron chi connectivity index (χ1n) is 7.40. The van der Waals surface area contributed by atoms with E-state index in [0.717, 1.165) is 38.8 Å². The molecule has 0 aromatic carbocycles. The number of hydrogen-bond acceptors (Lipinski definition) is 4. The van der Waals surface area contributed by atoms with Crippen molar-refractivity contribution in [3.63, 3.8) is 0 Å². The van der Waals surface area contributed by atoms with Crippen molar-refractivity contribution in [3.05, 3.63) is 18.0 Å². The van der Waals surface area contributed by atoms with Crippen LogP contribution >= 0.6 is 0 Å². The van der Waals surface area contributed by atoms with Crippen LogP contribution in [0.5, 0.6) is 0 Å². The van der Waals surface area contributed by atoms with Crippen molar-refractivity contribution >= 4 is 17.6 Å². The number of carbonyl (C=O) groups excluding carboxylic acids is 2. The summed E-state index contributed by atoms with van der Waals surface area (Å²) >= 11 is 0. The summed E-state index contributed by atoms with van der Waals surface area (Å²) in [6.45, 7) is 3.12. The molecular formula is C15H23N3O3. The van der Waals surface area contributed by atoms with Crippen molar-refractivity contribution in [1.29, 1.82) is 0 Å². The predicted molar refractivity (Wildman–Crippen MR) is 79.8 cm³/mol. The van der Waals surface area contributed by atoms with Crippen LogP contribution in [0.2, 0.25) is 0 Å². The van der Waals surface area contributed by atoms with Crippen molar-refractivity contribution < 1.29 is 14.3 Å². The minimum absolute atomic E-state index is 0.118. The number of ether oxygens (including phenoxy) is 1. The number of anilines is 1. The lowest BCUT2D eigenvalue weighted by molar-refractivity contribution is -0.139. The maximum atomic E-state index is 12.3. The third-order valence-corrected chi connectivity index (χ3v) is 3.78. The van der Waals surface area contributed by atoms with Crippen molar-refractivity contribution in [2.45, 2.75) is 38.7 Å². The lowest BCUT2D eigenvalue weighted by Gasteiger charge is -2.24. The Labute approximate surface area is 124 Å². The molecule has 2 heterocycles. The molecule has 0 radical (unpaired) electrons. The van der Waals surface area contributed by atoms with Gasteiger partial charge in [0.25, 0.3) is 5.91 Å². The van der Waals surface area contributed by atoms with Crippen LogP contribution in [0.25, 0.3) is 0 Å². The fourth-order valence-electron chi connectivity index (χ4n) is 2.61. The zero-order valence-corrected chi connectivity index (χ0v) is 12.7. The quantitative estimate of drug-likeness (QED) is 0.858. The molecule has 1 unspecified atom stereocenters. The topological polar surface area (TPSA) is 77.6 Å². The number of nitrogen functional groups attached to an aromatic ring is 1. The van der Waals surface area contributed by atoms with Crippen LogP contribution in [0.4, 0.5) is 5.69 Å². The number of amides is 1. The molecule has 1 amide bonds. The lowest BCUT2D eigenvalue weighted by atomic mass is 10.2. The molecule has 0 bridgehead atoms. The van der Waals surface area contributed by atoms with Gasteiger partial charge < -0.3 is 19.9 Å². The molecule has 21 heavy (non-hydrogen) atoms. The Bertz CT molecular complexity index is 516. The van der Waals surface area contributed by atoms with E-state index in [1.165, 1.54) is 0 Å².